The number of carbonyl (C=O) groups excluding carboxylic acids is 1. The van der Waals surface area contributed by atoms with Crippen LogP contribution in [-0.4, -0.2) is 11.0 Å². The topological polar surface area (TPSA) is 42.1 Å². The summed E-state index contributed by atoms with van der Waals surface area (Å²) < 4.78 is 5.16. The van der Waals surface area contributed by atoms with E-state index in [2.05, 4.69) is 4.98 Å². The van der Waals surface area contributed by atoms with Gasteiger partial charge in [-0.2, -0.15) is 0 Å². The lowest BCUT2D eigenvalue weighted by atomic mass is 10.1. The van der Waals surface area contributed by atoms with Crippen molar-refractivity contribution in [1.29, 1.82) is 0 Å². The average molecular weight is 189 g/mol. The van der Waals surface area contributed by atoms with Crippen molar-refractivity contribution in [2.75, 3.05) is 0 Å². The average Bonchev–Trinajstić information content (AvgIpc) is 2.57. The third-order valence-corrected chi connectivity index (χ3v) is 2.13. The zero-order valence-corrected chi connectivity index (χ0v) is 8.13. The number of carbonyl (C=O) groups is 1. The van der Waals surface area contributed by atoms with Crippen LogP contribution in [0.2, 0.25) is 0 Å². The van der Waals surface area contributed by atoms with Gasteiger partial charge in [-0.05, 0) is 24.6 Å². The van der Waals surface area contributed by atoms with E-state index in [0.717, 1.165) is 16.5 Å². The fraction of sp³-hybridized carbons (Fsp3) is 0.182. The molecule has 1 aromatic carbocycles. The molecule has 0 fully saturated rings. The van der Waals surface area contributed by atoms with Crippen molar-refractivity contribution < 1.29 is 9.53 Å². The van der Waals surface area contributed by atoms with E-state index in [-0.39, 0.29) is 5.97 Å². The van der Waals surface area contributed by atoms with Crippen molar-refractivity contribution in [3.05, 3.63) is 30.0 Å². The number of rotatable bonds is 1. The van der Waals surface area contributed by atoms with Crippen molar-refractivity contribution >= 4 is 16.9 Å². The van der Waals surface area contributed by atoms with Crippen molar-refractivity contribution in [3.8, 4) is 5.75 Å². The molecule has 0 atom stereocenters. The van der Waals surface area contributed by atoms with Crippen LogP contribution >= 0.6 is 0 Å². The molecule has 72 valence electrons. The molecule has 0 amide bonds. The largest absolute Gasteiger partial charge is 0.426 e. The number of aromatic nitrogens is 1. The second-order valence-corrected chi connectivity index (χ2v) is 3.24. The first-order valence-corrected chi connectivity index (χ1v) is 4.43. The molecule has 1 N–H and O–H groups in total. The van der Waals surface area contributed by atoms with Crippen LogP contribution in [0.15, 0.2) is 24.4 Å². The summed E-state index contributed by atoms with van der Waals surface area (Å²) in [6.07, 6.45) is 1.83. The summed E-state index contributed by atoms with van der Waals surface area (Å²) in [5.41, 5.74) is 1.94. The van der Waals surface area contributed by atoms with Crippen LogP contribution in [0.25, 0.3) is 10.9 Å². The van der Waals surface area contributed by atoms with Gasteiger partial charge in [-0.1, -0.05) is 6.07 Å². The molecule has 0 saturated heterocycles. The Morgan fingerprint density at radius 1 is 1.36 bits per heavy atom. The Kier molecular flexibility index (Phi) is 2.00. The maximum atomic E-state index is 10.9. The lowest BCUT2D eigenvalue weighted by Crippen LogP contribution is -2.02. The fourth-order valence-electron chi connectivity index (χ4n) is 1.49. The second-order valence-electron chi connectivity index (χ2n) is 3.24. The number of H-pyrrole nitrogens is 1. The molecule has 0 aliphatic heterocycles. The van der Waals surface area contributed by atoms with E-state index >= 15 is 0 Å². The summed E-state index contributed by atoms with van der Waals surface area (Å²) in [5.74, 6) is 0.359. The smallest absolute Gasteiger partial charge is 0.308 e. The SMILES string of the molecule is CC(=O)Oc1c(C)ccc2[nH]ccc12. The van der Waals surface area contributed by atoms with Gasteiger partial charge in [-0.25, -0.2) is 0 Å². The van der Waals surface area contributed by atoms with Crippen LogP contribution in [0, 0.1) is 6.92 Å². The highest BCUT2D eigenvalue weighted by atomic mass is 16.5. The van der Waals surface area contributed by atoms with Gasteiger partial charge in [-0.15, -0.1) is 0 Å². The molecule has 0 aliphatic carbocycles. The molecule has 1 heterocycles. The third-order valence-electron chi connectivity index (χ3n) is 2.13. The summed E-state index contributed by atoms with van der Waals surface area (Å²) in [7, 11) is 0. The number of benzene rings is 1. The standard InChI is InChI=1S/C11H11NO2/c1-7-3-4-10-9(5-6-12-10)11(7)14-8(2)13/h3-6,12H,1-2H3. The van der Waals surface area contributed by atoms with Crippen LogP contribution in [0.4, 0.5) is 0 Å². The molecular weight excluding hydrogens is 178 g/mol. The summed E-state index contributed by atoms with van der Waals surface area (Å²) >= 11 is 0. The lowest BCUT2D eigenvalue weighted by molar-refractivity contribution is -0.131. The molecule has 3 nitrogen and oxygen atoms in total. The number of nitrogens with one attached hydrogen (secondary N) is 1. The monoisotopic (exact) mass is 189 g/mol. The van der Waals surface area contributed by atoms with E-state index in [1.165, 1.54) is 6.92 Å². The highest BCUT2D eigenvalue weighted by Gasteiger charge is 2.08. The predicted octanol–water partition coefficient (Wildman–Crippen LogP) is 2.40. The first-order valence-electron chi connectivity index (χ1n) is 4.43. The normalized spacial score (nSPS) is 10.4. The van der Waals surface area contributed by atoms with Gasteiger partial charge in [0.25, 0.3) is 0 Å². The van der Waals surface area contributed by atoms with Crippen molar-refractivity contribution in [3.63, 3.8) is 0 Å². The van der Waals surface area contributed by atoms with E-state index < -0.39 is 0 Å². The minimum absolute atomic E-state index is 0.290. The third kappa shape index (κ3) is 1.37. The highest BCUT2D eigenvalue weighted by molar-refractivity contribution is 5.89. The van der Waals surface area contributed by atoms with E-state index in [1.807, 2.05) is 31.3 Å². The number of hydrogen-bond acceptors (Lipinski definition) is 2. The summed E-state index contributed by atoms with van der Waals surface area (Å²) in [5, 5.41) is 0.945. The van der Waals surface area contributed by atoms with Gasteiger partial charge in [0.15, 0.2) is 0 Å². The number of ether oxygens (including phenoxy) is 1. The maximum Gasteiger partial charge on any atom is 0.308 e. The highest BCUT2D eigenvalue weighted by Crippen LogP contribution is 2.28. The minimum Gasteiger partial charge on any atom is -0.426 e. The molecule has 0 saturated carbocycles. The summed E-state index contributed by atoms with van der Waals surface area (Å²) in [6.45, 7) is 3.33. The van der Waals surface area contributed by atoms with Crippen LogP contribution in [0.1, 0.15) is 12.5 Å². The van der Waals surface area contributed by atoms with Crippen molar-refractivity contribution in [1.82, 2.24) is 4.98 Å². The Hall–Kier alpha value is -1.77. The van der Waals surface area contributed by atoms with Crippen LogP contribution in [-0.2, 0) is 4.79 Å². The second kappa shape index (κ2) is 3.18. The Morgan fingerprint density at radius 2 is 2.14 bits per heavy atom. The zero-order valence-electron chi connectivity index (χ0n) is 8.13. The van der Waals surface area contributed by atoms with E-state index in [9.17, 15) is 4.79 Å². The van der Waals surface area contributed by atoms with Gasteiger partial charge in [-0.3, -0.25) is 4.79 Å². The van der Waals surface area contributed by atoms with Crippen molar-refractivity contribution in [2.24, 2.45) is 0 Å². The predicted molar refractivity (Wildman–Crippen MR) is 54.3 cm³/mol. The van der Waals surface area contributed by atoms with E-state index in [1.54, 1.807) is 0 Å². The Balaban J connectivity index is 2.64. The Morgan fingerprint density at radius 3 is 2.86 bits per heavy atom. The number of aromatic amines is 1. The minimum atomic E-state index is -0.290. The van der Waals surface area contributed by atoms with Gasteiger partial charge >= 0.3 is 5.97 Å². The summed E-state index contributed by atoms with van der Waals surface area (Å²) in [6, 6.07) is 5.80. The Bertz CT molecular complexity index is 485. The van der Waals surface area contributed by atoms with Gasteiger partial charge in [0, 0.05) is 24.0 Å². The molecule has 0 unspecified atom stereocenters. The molecule has 2 rings (SSSR count). The fourth-order valence-corrected chi connectivity index (χ4v) is 1.49. The molecule has 0 radical (unpaired) electrons. The molecule has 0 aliphatic rings. The molecule has 0 bridgehead atoms. The van der Waals surface area contributed by atoms with Gasteiger partial charge in [0.1, 0.15) is 5.75 Å². The molecule has 2 aromatic rings. The van der Waals surface area contributed by atoms with Gasteiger partial charge in [0.05, 0.1) is 0 Å². The number of fused-ring (bicyclic) bond motifs is 1. The van der Waals surface area contributed by atoms with Gasteiger partial charge in [0.2, 0.25) is 0 Å². The number of esters is 1. The van der Waals surface area contributed by atoms with Crippen molar-refractivity contribution in [2.45, 2.75) is 13.8 Å². The zero-order chi connectivity index (χ0) is 10.1. The quantitative estimate of drug-likeness (QED) is 0.553. The number of aryl methyl sites for hydroxylation is 1. The Labute approximate surface area is 81.7 Å². The van der Waals surface area contributed by atoms with Crippen LogP contribution in [0.3, 0.4) is 0 Å². The number of hydrogen-bond donors (Lipinski definition) is 1. The molecule has 3 heteroatoms. The molecule has 14 heavy (non-hydrogen) atoms. The first kappa shape index (κ1) is 8.81. The summed E-state index contributed by atoms with van der Waals surface area (Å²) in [4.78, 5) is 14.0. The van der Waals surface area contributed by atoms with Crippen LogP contribution < -0.4 is 4.74 Å². The van der Waals surface area contributed by atoms with Gasteiger partial charge < -0.3 is 9.72 Å². The van der Waals surface area contributed by atoms with Crippen LogP contribution in [0.5, 0.6) is 5.75 Å². The molecular formula is C11H11NO2. The molecule has 1 aromatic heterocycles. The van der Waals surface area contributed by atoms with E-state index in [4.69, 9.17) is 4.74 Å². The first-order chi connectivity index (χ1) is 6.68. The lowest BCUT2D eigenvalue weighted by Gasteiger charge is -2.06. The van der Waals surface area contributed by atoms with E-state index in [0.29, 0.717) is 5.75 Å². The molecule has 0 spiro atoms. The maximum absolute atomic E-state index is 10.9.